The number of halogens is 1. The zero-order valence-corrected chi connectivity index (χ0v) is 12.5. The smallest absolute Gasteiger partial charge is 0.246 e. The topological polar surface area (TPSA) is 71.8 Å². The molecule has 20 heavy (non-hydrogen) atoms. The zero-order valence-electron chi connectivity index (χ0n) is 10.9. The molecule has 7 heteroatoms. The van der Waals surface area contributed by atoms with Gasteiger partial charge in [0.15, 0.2) is 0 Å². The van der Waals surface area contributed by atoms with Crippen LogP contribution in [0, 0.1) is 0 Å². The number of hydrogen-bond acceptors (Lipinski definition) is 4. The van der Waals surface area contributed by atoms with E-state index in [1.807, 2.05) is 12.1 Å². The first-order valence-electron chi connectivity index (χ1n) is 6.43. The number of nitrogens with zero attached hydrogens (tertiary/aromatic N) is 3. The molecule has 1 unspecified atom stereocenters. The molecule has 0 saturated carbocycles. The van der Waals surface area contributed by atoms with Crippen molar-refractivity contribution >= 4 is 27.5 Å². The van der Waals surface area contributed by atoms with Crippen LogP contribution >= 0.6 is 15.9 Å². The van der Waals surface area contributed by atoms with E-state index in [0.29, 0.717) is 0 Å². The summed E-state index contributed by atoms with van der Waals surface area (Å²) in [5.41, 5.74) is 2.62. The highest BCUT2D eigenvalue weighted by atomic mass is 79.9. The summed E-state index contributed by atoms with van der Waals surface area (Å²) in [6, 6.07) is 3.57. The van der Waals surface area contributed by atoms with E-state index in [4.69, 9.17) is 0 Å². The minimum Gasteiger partial charge on any atom is -0.324 e. The largest absolute Gasteiger partial charge is 0.324 e. The molecule has 3 rings (SSSR count). The van der Waals surface area contributed by atoms with Gasteiger partial charge in [-0.2, -0.15) is 5.10 Å². The molecular formula is C13H14BrN5O. The highest BCUT2D eigenvalue weighted by Gasteiger charge is 2.31. The molecule has 1 aliphatic heterocycles. The molecule has 1 aromatic heterocycles. The molecule has 0 fully saturated rings. The number of carbonyl (C=O) groups excluding carboxylic acids is 1. The van der Waals surface area contributed by atoms with Crippen molar-refractivity contribution in [1.82, 2.24) is 20.1 Å². The fourth-order valence-electron chi connectivity index (χ4n) is 2.27. The van der Waals surface area contributed by atoms with Gasteiger partial charge in [0.25, 0.3) is 0 Å². The van der Waals surface area contributed by atoms with Crippen LogP contribution in [0.5, 0.6) is 0 Å². The van der Waals surface area contributed by atoms with E-state index in [1.165, 1.54) is 6.33 Å². The van der Waals surface area contributed by atoms with Crippen LogP contribution in [0.4, 0.5) is 5.69 Å². The predicted molar refractivity (Wildman–Crippen MR) is 78.7 cm³/mol. The molecule has 1 aliphatic rings. The Kier molecular flexibility index (Phi) is 3.54. The second kappa shape index (κ2) is 5.34. The Morgan fingerprint density at radius 2 is 2.35 bits per heavy atom. The molecule has 2 aromatic rings. The molecule has 0 bridgehead atoms. The number of amides is 1. The van der Waals surface area contributed by atoms with Gasteiger partial charge in [-0.25, -0.2) is 9.67 Å². The first-order chi connectivity index (χ1) is 9.70. The van der Waals surface area contributed by atoms with Gasteiger partial charge >= 0.3 is 0 Å². The van der Waals surface area contributed by atoms with Crippen LogP contribution in [0.25, 0.3) is 5.69 Å². The molecule has 0 radical (unpaired) electrons. The number of aromatic nitrogens is 3. The highest BCUT2D eigenvalue weighted by molar-refractivity contribution is 9.10. The van der Waals surface area contributed by atoms with Crippen molar-refractivity contribution < 1.29 is 4.79 Å². The van der Waals surface area contributed by atoms with E-state index in [1.54, 1.807) is 11.0 Å². The standard InChI is InChI=1S/C13H14BrN5O/c1-2-3-16-12-8-4-9(14)11(19-7-15-6-17-19)5-10(8)18-13(12)20/h4-7,12,16H,2-3H2,1H3,(H,18,20). The maximum Gasteiger partial charge on any atom is 0.246 e. The van der Waals surface area contributed by atoms with Crippen LogP contribution in [0.1, 0.15) is 24.9 Å². The summed E-state index contributed by atoms with van der Waals surface area (Å²) in [6.45, 7) is 2.88. The van der Waals surface area contributed by atoms with Gasteiger partial charge in [-0.3, -0.25) is 4.79 Å². The number of nitrogens with one attached hydrogen (secondary N) is 2. The molecule has 2 heterocycles. The lowest BCUT2D eigenvalue weighted by Crippen LogP contribution is -2.28. The number of carbonyl (C=O) groups is 1. The van der Waals surface area contributed by atoms with Crippen LogP contribution in [0.2, 0.25) is 0 Å². The molecule has 1 amide bonds. The third-order valence-electron chi connectivity index (χ3n) is 3.21. The Labute approximate surface area is 124 Å². The van der Waals surface area contributed by atoms with Crippen molar-refractivity contribution in [1.29, 1.82) is 0 Å². The van der Waals surface area contributed by atoms with Crippen molar-refractivity contribution in [2.24, 2.45) is 0 Å². The molecule has 0 saturated heterocycles. The predicted octanol–water partition coefficient (Wildman–Crippen LogP) is 2.02. The molecule has 6 nitrogen and oxygen atoms in total. The highest BCUT2D eigenvalue weighted by Crippen LogP contribution is 2.36. The summed E-state index contributed by atoms with van der Waals surface area (Å²) in [5.74, 6) is -0.0175. The van der Waals surface area contributed by atoms with Gasteiger partial charge in [-0.15, -0.1) is 0 Å². The van der Waals surface area contributed by atoms with Gasteiger partial charge < -0.3 is 10.6 Å². The maximum atomic E-state index is 12.0. The van der Waals surface area contributed by atoms with Crippen molar-refractivity contribution in [3.8, 4) is 5.69 Å². The lowest BCUT2D eigenvalue weighted by Gasteiger charge is -2.12. The van der Waals surface area contributed by atoms with E-state index in [2.05, 4.69) is 43.6 Å². The number of rotatable bonds is 4. The average molecular weight is 336 g/mol. The summed E-state index contributed by atoms with van der Waals surface area (Å²) < 4.78 is 2.53. The van der Waals surface area contributed by atoms with E-state index in [9.17, 15) is 4.79 Å². The quantitative estimate of drug-likeness (QED) is 0.896. The van der Waals surface area contributed by atoms with Gasteiger partial charge in [0, 0.05) is 15.7 Å². The minimum atomic E-state index is -0.286. The number of hydrogen-bond donors (Lipinski definition) is 2. The lowest BCUT2D eigenvalue weighted by atomic mass is 10.1. The molecular weight excluding hydrogens is 322 g/mol. The van der Waals surface area contributed by atoms with Gasteiger partial charge in [0.1, 0.15) is 18.7 Å². The van der Waals surface area contributed by atoms with Crippen LogP contribution in [-0.2, 0) is 4.79 Å². The lowest BCUT2D eigenvalue weighted by molar-refractivity contribution is -0.117. The molecule has 1 atom stereocenters. The summed E-state index contributed by atoms with van der Waals surface area (Å²) in [6.07, 6.45) is 4.08. The number of benzene rings is 1. The van der Waals surface area contributed by atoms with Crippen molar-refractivity contribution in [3.05, 3.63) is 34.8 Å². The van der Waals surface area contributed by atoms with E-state index in [0.717, 1.165) is 34.4 Å². The van der Waals surface area contributed by atoms with Crippen LogP contribution in [0.15, 0.2) is 29.3 Å². The second-order valence-electron chi connectivity index (χ2n) is 4.61. The van der Waals surface area contributed by atoms with Crippen LogP contribution in [-0.4, -0.2) is 27.2 Å². The van der Waals surface area contributed by atoms with E-state index < -0.39 is 0 Å². The summed E-state index contributed by atoms with van der Waals surface area (Å²) in [4.78, 5) is 16.0. The Morgan fingerprint density at radius 1 is 1.50 bits per heavy atom. The van der Waals surface area contributed by atoms with Gasteiger partial charge in [-0.05, 0) is 41.0 Å². The molecule has 2 N–H and O–H groups in total. The first-order valence-corrected chi connectivity index (χ1v) is 7.22. The third-order valence-corrected chi connectivity index (χ3v) is 3.85. The monoisotopic (exact) mass is 335 g/mol. The Balaban J connectivity index is 1.99. The fraction of sp³-hybridized carbons (Fsp3) is 0.308. The fourth-order valence-corrected chi connectivity index (χ4v) is 2.81. The summed E-state index contributed by atoms with van der Waals surface area (Å²) in [5, 5.41) is 10.3. The third kappa shape index (κ3) is 2.23. The van der Waals surface area contributed by atoms with E-state index >= 15 is 0 Å². The second-order valence-corrected chi connectivity index (χ2v) is 5.46. The van der Waals surface area contributed by atoms with Crippen molar-refractivity contribution in [3.63, 3.8) is 0 Å². The first kappa shape index (κ1) is 13.3. The molecule has 0 aliphatic carbocycles. The Hall–Kier alpha value is -1.73. The van der Waals surface area contributed by atoms with Crippen LogP contribution < -0.4 is 10.6 Å². The van der Waals surface area contributed by atoms with Crippen LogP contribution in [0.3, 0.4) is 0 Å². The molecule has 104 valence electrons. The zero-order chi connectivity index (χ0) is 14.1. The molecule has 1 aromatic carbocycles. The molecule has 0 spiro atoms. The SMILES string of the molecule is CCCNC1C(=O)Nc2cc(-n3cncn3)c(Br)cc21. The van der Waals surface area contributed by atoms with Gasteiger partial charge in [-0.1, -0.05) is 6.92 Å². The van der Waals surface area contributed by atoms with Crippen molar-refractivity contribution in [2.75, 3.05) is 11.9 Å². The van der Waals surface area contributed by atoms with Gasteiger partial charge in [0.05, 0.1) is 5.69 Å². The summed E-state index contributed by atoms with van der Waals surface area (Å²) in [7, 11) is 0. The number of anilines is 1. The number of fused-ring (bicyclic) bond motifs is 1. The summed E-state index contributed by atoms with van der Waals surface area (Å²) >= 11 is 3.53. The normalized spacial score (nSPS) is 17.1. The Morgan fingerprint density at radius 3 is 3.05 bits per heavy atom. The van der Waals surface area contributed by atoms with Gasteiger partial charge in [0.2, 0.25) is 5.91 Å². The maximum absolute atomic E-state index is 12.0. The van der Waals surface area contributed by atoms with Crippen molar-refractivity contribution in [2.45, 2.75) is 19.4 Å². The van der Waals surface area contributed by atoms with E-state index in [-0.39, 0.29) is 11.9 Å². The average Bonchev–Trinajstić information content (AvgIpc) is 3.04. The minimum absolute atomic E-state index is 0.0175. The Bertz CT molecular complexity index is 640.